The van der Waals surface area contributed by atoms with Crippen molar-refractivity contribution >= 4 is 5.78 Å². The Morgan fingerprint density at radius 3 is 2.67 bits per heavy atom. The number of aromatic hydroxyl groups is 1. The molecule has 1 aliphatic carbocycles. The van der Waals surface area contributed by atoms with E-state index in [9.17, 15) is 19.5 Å². The van der Waals surface area contributed by atoms with Gasteiger partial charge in [-0.2, -0.15) is 5.26 Å². The molecule has 7 heteroatoms. The zero-order valence-electron chi connectivity index (χ0n) is 13.0. The molecule has 0 atom stereocenters. The molecule has 0 unspecified atom stereocenters. The molecular weight excluding hydrogens is 310 g/mol. The van der Waals surface area contributed by atoms with Crippen molar-refractivity contribution < 1.29 is 9.90 Å². The van der Waals surface area contributed by atoms with Crippen LogP contribution in [0.3, 0.4) is 0 Å². The Kier molecular flexibility index (Phi) is 3.81. The fourth-order valence-electron chi connectivity index (χ4n) is 2.61. The zero-order chi connectivity index (χ0) is 17.4. The van der Waals surface area contributed by atoms with Crippen LogP contribution >= 0.6 is 0 Å². The van der Waals surface area contributed by atoms with E-state index in [0.717, 1.165) is 22.0 Å². The summed E-state index contributed by atoms with van der Waals surface area (Å²) in [4.78, 5) is 37.1. The number of aromatic nitrogens is 2. The molecule has 1 fully saturated rings. The third-order valence-electron chi connectivity index (χ3n) is 4.04. The van der Waals surface area contributed by atoms with E-state index in [0.29, 0.717) is 0 Å². The number of nitriles is 1. The summed E-state index contributed by atoms with van der Waals surface area (Å²) in [6.07, 6.45) is 1.87. The summed E-state index contributed by atoms with van der Waals surface area (Å²) in [6.45, 7) is 1.42. The topological polar surface area (TPSA) is 105 Å². The van der Waals surface area contributed by atoms with E-state index in [4.69, 9.17) is 5.26 Å². The standard InChI is InChI=1S/C17H15N3O4/c1-10(21)14-15(22)19(9-11-5-6-11)17(24)20(16(14)23)13-4-2-3-12(7-13)8-18/h2-4,7,11,22H,5-6,9H2,1H3. The van der Waals surface area contributed by atoms with Crippen LogP contribution in [-0.2, 0) is 6.54 Å². The van der Waals surface area contributed by atoms with Crippen LogP contribution in [0.15, 0.2) is 33.9 Å². The number of benzene rings is 1. The number of rotatable bonds is 4. The van der Waals surface area contributed by atoms with Gasteiger partial charge < -0.3 is 5.11 Å². The molecule has 1 aromatic heterocycles. The maximum atomic E-state index is 12.7. The predicted octanol–water partition coefficient (Wildman–Crippen LogP) is 1.19. The molecule has 0 aliphatic heterocycles. The summed E-state index contributed by atoms with van der Waals surface area (Å²) in [6, 6.07) is 7.93. The molecule has 1 aliphatic rings. The highest BCUT2D eigenvalue weighted by atomic mass is 16.3. The van der Waals surface area contributed by atoms with E-state index in [1.165, 1.54) is 19.1 Å². The molecule has 0 radical (unpaired) electrons. The van der Waals surface area contributed by atoms with Crippen molar-refractivity contribution in [3.05, 3.63) is 56.2 Å². The molecule has 0 saturated heterocycles. The Labute approximate surface area is 137 Å². The number of carbonyl (C=O) groups is 1. The minimum atomic E-state index is -0.882. The van der Waals surface area contributed by atoms with Crippen LogP contribution in [0.4, 0.5) is 0 Å². The predicted molar refractivity (Wildman–Crippen MR) is 85.4 cm³/mol. The first kappa shape index (κ1) is 15.7. The Bertz CT molecular complexity index is 990. The monoisotopic (exact) mass is 325 g/mol. The lowest BCUT2D eigenvalue weighted by Crippen LogP contribution is -2.41. The summed E-state index contributed by atoms with van der Waals surface area (Å²) in [5.41, 5.74) is -1.55. The average Bonchev–Trinajstić information content (AvgIpc) is 3.35. The van der Waals surface area contributed by atoms with Gasteiger partial charge in [0.05, 0.1) is 17.3 Å². The van der Waals surface area contributed by atoms with Crippen LogP contribution in [0.25, 0.3) is 5.69 Å². The van der Waals surface area contributed by atoms with Gasteiger partial charge in [-0.05, 0) is 43.9 Å². The van der Waals surface area contributed by atoms with Gasteiger partial charge >= 0.3 is 5.69 Å². The second-order valence-corrected chi connectivity index (χ2v) is 5.89. The molecule has 2 aromatic rings. The molecule has 1 N–H and O–H groups in total. The minimum absolute atomic E-state index is 0.191. The van der Waals surface area contributed by atoms with Crippen molar-refractivity contribution in [1.29, 1.82) is 5.26 Å². The van der Waals surface area contributed by atoms with Crippen molar-refractivity contribution in [1.82, 2.24) is 9.13 Å². The Hall–Kier alpha value is -3.14. The lowest BCUT2D eigenvalue weighted by molar-refractivity contribution is 0.101. The Morgan fingerprint density at radius 2 is 2.08 bits per heavy atom. The van der Waals surface area contributed by atoms with E-state index in [-0.39, 0.29) is 23.7 Å². The van der Waals surface area contributed by atoms with Crippen LogP contribution < -0.4 is 11.2 Å². The van der Waals surface area contributed by atoms with E-state index < -0.39 is 28.5 Å². The van der Waals surface area contributed by atoms with Gasteiger partial charge in [-0.1, -0.05) is 6.07 Å². The molecule has 3 rings (SSSR count). The van der Waals surface area contributed by atoms with Crippen molar-refractivity contribution in [3.8, 4) is 17.6 Å². The molecule has 1 saturated carbocycles. The summed E-state index contributed by atoms with van der Waals surface area (Å²) in [7, 11) is 0. The second kappa shape index (κ2) is 5.81. The van der Waals surface area contributed by atoms with Crippen LogP contribution in [0.5, 0.6) is 5.88 Å². The van der Waals surface area contributed by atoms with Gasteiger partial charge in [-0.25, -0.2) is 9.36 Å². The Morgan fingerprint density at radius 1 is 1.38 bits per heavy atom. The number of hydrogen-bond donors (Lipinski definition) is 1. The van der Waals surface area contributed by atoms with Crippen molar-refractivity contribution in [3.63, 3.8) is 0 Å². The van der Waals surface area contributed by atoms with E-state index >= 15 is 0 Å². The largest absolute Gasteiger partial charge is 0.494 e. The first-order valence-electron chi connectivity index (χ1n) is 7.54. The summed E-state index contributed by atoms with van der Waals surface area (Å²) < 4.78 is 1.90. The quantitative estimate of drug-likeness (QED) is 0.850. The molecule has 7 nitrogen and oxygen atoms in total. The first-order valence-corrected chi connectivity index (χ1v) is 7.54. The number of hydrogen-bond acceptors (Lipinski definition) is 5. The smallest absolute Gasteiger partial charge is 0.338 e. The number of ketones is 1. The first-order chi connectivity index (χ1) is 11.4. The fourth-order valence-corrected chi connectivity index (χ4v) is 2.61. The highest BCUT2D eigenvalue weighted by molar-refractivity contribution is 5.95. The van der Waals surface area contributed by atoms with Crippen molar-refractivity contribution in [2.45, 2.75) is 26.3 Å². The zero-order valence-corrected chi connectivity index (χ0v) is 13.0. The number of Topliss-reactive ketones (excluding diaryl/α,β-unsaturated/α-hetero) is 1. The molecule has 1 heterocycles. The summed E-state index contributed by atoms with van der Waals surface area (Å²) >= 11 is 0. The fraction of sp³-hybridized carbons (Fsp3) is 0.294. The van der Waals surface area contributed by atoms with Gasteiger partial charge in [0.15, 0.2) is 5.78 Å². The molecule has 0 spiro atoms. The number of nitrogens with zero attached hydrogens (tertiary/aromatic N) is 3. The van der Waals surface area contributed by atoms with Gasteiger partial charge in [0.1, 0.15) is 5.56 Å². The molecule has 1 aromatic carbocycles. The van der Waals surface area contributed by atoms with Gasteiger partial charge in [0.25, 0.3) is 5.56 Å². The molecule has 122 valence electrons. The third kappa shape index (κ3) is 2.63. The van der Waals surface area contributed by atoms with Gasteiger partial charge in [0, 0.05) is 6.54 Å². The van der Waals surface area contributed by atoms with Crippen LogP contribution in [-0.4, -0.2) is 20.0 Å². The van der Waals surface area contributed by atoms with E-state index in [2.05, 4.69) is 0 Å². The van der Waals surface area contributed by atoms with Crippen LogP contribution in [0.2, 0.25) is 0 Å². The maximum absolute atomic E-state index is 12.7. The maximum Gasteiger partial charge on any atom is 0.338 e. The SMILES string of the molecule is CC(=O)c1c(O)n(CC2CC2)c(=O)n(-c2cccc(C#N)c2)c1=O. The molecule has 0 bridgehead atoms. The van der Waals surface area contributed by atoms with Crippen molar-refractivity contribution in [2.24, 2.45) is 5.92 Å². The van der Waals surface area contributed by atoms with E-state index in [1.807, 2.05) is 6.07 Å². The highest BCUT2D eigenvalue weighted by Gasteiger charge is 2.28. The normalized spacial score (nSPS) is 13.5. The molecule has 0 amide bonds. The molecular formula is C17H15N3O4. The third-order valence-corrected chi connectivity index (χ3v) is 4.04. The van der Waals surface area contributed by atoms with Crippen molar-refractivity contribution in [2.75, 3.05) is 0 Å². The van der Waals surface area contributed by atoms with Crippen LogP contribution in [0.1, 0.15) is 35.7 Å². The minimum Gasteiger partial charge on any atom is -0.494 e. The lowest BCUT2D eigenvalue weighted by atomic mass is 10.2. The van der Waals surface area contributed by atoms with Crippen LogP contribution in [0, 0.1) is 17.2 Å². The average molecular weight is 325 g/mol. The van der Waals surface area contributed by atoms with E-state index in [1.54, 1.807) is 12.1 Å². The molecule has 24 heavy (non-hydrogen) atoms. The summed E-state index contributed by atoms with van der Waals surface area (Å²) in [5.74, 6) is -0.950. The lowest BCUT2D eigenvalue weighted by Gasteiger charge is -2.14. The van der Waals surface area contributed by atoms with Gasteiger partial charge in [-0.3, -0.25) is 14.2 Å². The number of carbonyl (C=O) groups excluding carboxylic acids is 1. The Balaban J connectivity index is 2.34. The second-order valence-electron chi connectivity index (χ2n) is 5.89. The highest BCUT2D eigenvalue weighted by Crippen LogP contribution is 2.31. The van der Waals surface area contributed by atoms with Gasteiger partial charge in [-0.15, -0.1) is 0 Å². The summed E-state index contributed by atoms with van der Waals surface area (Å²) in [5, 5.41) is 19.2. The van der Waals surface area contributed by atoms with Gasteiger partial charge in [0.2, 0.25) is 5.88 Å².